The first-order valence-corrected chi connectivity index (χ1v) is 5.21. The standard InChI is InChI=1S/C13H17NO2/c1-4-9-14-10-11(2)16-13-7-5-12(15-3)6-8-13/h1,5-8,11,14H,9-10H2,2-3H3. The molecule has 1 unspecified atom stereocenters. The molecule has 0 fully saturated rings. The van der Waals surface area contributed by atoms with E-state index in [1.54, 1.807) is 7.11 Å². The Bertz CT molecular complexity index is 340. The summed E-state index contributed by atoms with van der Waals surface area (Å²) >= 11 is 0. The maximum Gasteiger partial charge on any atom is 0.120 e. The van der Waals surface area contributed by atoms with E-state index in [-0.39, 0.29) is 6.10 Å². The van der Waals surface area contributed by atoms with E-state index in [0.717, 1.165) is 18.0 Å². The van der Waals surface area contributed by atoms with E-state index in [1.807, 2.05) is 31.2 Å². The molecule has 1 aromatic rings. The van der Waals surface area contributed by atoms with Crippen molar-refractivity contribution in [2.45, 2.75) is 13.0 Å². The molecule has 0 heterocycles. The van der Waals surface area contributed by atoms with Crippen LogP contribution in [0, 0.1) is 12.3 Å². The molecule has 3 heteroatoms. The van der Waals surface area contributed by atoms with E-state index in [2.05, 4.69) is 11.2 Å². The van der Waals surface area contributed by atoms with Crippen molar-refractivity contribution < 1.29 is 9.47 Å². The molecular weight excluding hydrogens is 202 g/mol. The predicted octanol–water partition coefficient (Wildman–Crippen LogP) is 1.69. The van der Waals surface area contributed by atoms with Crippen molar-refractivity contribution in [2.24, 2.45) is 0 Å². The van der Waals surface area contributed by atoms with Gasteiger partial charge in [0.2, 0.25) is 0 Å². The number of methoxy groups -OCH3 is 1. The van der Waals surface area contributed by atoms with Crippen LogP contribution < -0.4 is 14.8 Å². The van der Waals surface area contributed by atoms with Crippen molar-refractivity contribution >= 4 is 0 Å². The summed E-state index contributed by atoms with van der Waals surface area (Å²) in [5, 5.41) is 3.09. The van der Waals surface area contributed by atoms with Crippen molar-refractivity contribution in [3.63, 3.8) is 0 Å². The third kappa shape index (κ3) is 4.24. The van der Waals surface area contributed by atoms with Crippen molar-refractivity contribution in [1.82, 2.24) is 5.32 Å². The SMILES string of the molecule is C#CCNCC(C)Oc1ccc(OC)cc1. The maximum atomic E-state index is 5.67. The lowest BCUT2D eigenvalue weighted by Crippen LogP contribution is -2.29. The Kier molecular flexibility index (Phi) is 5.24. The van der Waals surface area contributed by atoms with Gasteiger partial charge in [-0.1, -0.05) is 5.92 Å². The lowest BCUT2D eigenvalue weighted by molar-refractivity contribution is 0.219. The quantitative estimate of drug-likeness (QED) is 0.583. The van der Waals surface area contributed by atoms with Gasteiger partial charge in [-0.25, -0.2) is 0 Å². The molecule has 0 aliphatic carbocycles. The van der Waals surface area contributed by atoms with Crippen molar-refractivity contribution in [2.75, 3.05) is 20.2 Å². The van der Waals surface area contributed by atoms with Crippen LogP contribution in [0.25, 0.3) is 0 Å². The number of hydrogen-bond acceptors (Lipinski definition) is 3. The summed E-state index contributed by atoms with van der Waals surface area (Å²) in [6, 6.07) is 7.51. The highest BCUT2D eigenvalue weighted by Crippen LogP contribution is 2.17. The smallest absolute Gasteiger partial charge is 0.120 e. The molecule has 1 N–H and O–H groups in total. The number of nitrogens with one attached hydrogen (secondary N) is 1. The first-order valence-electron chi connectivity index (χ1n) is 5.21. The third-order valence-corrected chi connectivity index (χ3v) is 2.06. The summed E-state index contributed by atoms with van der Waals surface area (Å²) in [5.41, 5.74) is 0. The zero-order chi connectivity index (χ0) is 11.8. The zero-order valence-electron chi connectivity index (χ0n) is 9.69. The summed E-state index contributed by atoms with van der Waals surface area (Å²) in [6.45, 7) is 3.29. The molecule has 1 atom stereocenters. The van der Waals surface area contributed by atoms with E-state index < -0.39 is 0 Å². The van der Waals surface area contributed by atoms with Gasteiger partial charge in [0.15, 0.2) is 0 Å². The topological polar surface area (TPSA) is 30.5 Å². The minimum atomic E-state index is 0.0849. The summed E-state index contributed by atoms with van der Waals surface area (Å²) in [5.74, 6) is 4.17. The highest BCUT2D eigenvalue weighted by Gasteiger charge is 2.02. The third-order valence-electron chi connectivity index (χ3n) is 2.06. The Morgan fingerprint density at radius 3 is 2.50 bits per heavy atom. The van der Waals surface area contributed by atoms with Crippen LogP contribution in [-0.2, 0) is 0 Å². The molecule has 0 spiro atoms. The summed E-state index contributed by atoms with van der Waals surface area (Å²) in [6.07, 6.45) is 5.22. The van der Waals surface area contributed by atoms with Gasteiger partial charge in [-0.2, -0.15) is 0 Å². The van der Waals surface area contributed by atoms with E-state index in [1.165, 1.54) is 0 Å². The van der Waals surface area contributed by atoms with Gasteiger partial charge in [-0.05, 0) is 31.2 Å². The summed E-state index contributed by atoms with van der Waals surface area (Å²) in [7, 11) is 1.64. The second-order valence-electron chi connectivity index (χ2n) is 3.44. The molecule has 86 valence electrons. The largest absolute Gasteiger partial charge is 0.497 e. The maximum absolute atomic E-state index is 5.67. The zero-order valence-corrected chi connectivity index (χ0v) is 9.69. The lowest BCUT2D eigenvalue weighted by atomic mass is 10.3. The van der Waals surface area contributed by atoms with E-state index >= 15 is 0 Å². The molecule has 0 radical (unpaired) electrons. The molecule has 1 rings (SSSR count). The molecule has 16 heavy (non-hydrogen) atoms. The Labute approximate surface area is 96.8 Å². The van der Waals surface area contributed by atoms with Crippen LogP contribution in [0.2, 0.25) is 0 Å². The number of rotatable bonds is 6. The molecule has 0 aliphatic rings. The van der Waals surface area contributed by atoms with Crippen LogP contribution in [0.3, 0.4) is 0 Å². The fourth-order valence-electron chi connectivity index (χ4n) is 1.28. The fraction of sp³-hybridized carbons (Fsp3) is 0.385. The van der Waals surface area contributed by atoms with Gasteiger partial charge >= 0.3 is 0 Å². The molecule has 0 aromatic heterocycles. The molecule has 0 saturated carbocycles. The molecule has 0 saturated heterocycles. The van der Waals surface area contributed by atoms with Crippen molar-refractivity contribution in [3.8, 4) is 23.8 Å². The fourth-order valence-corrected chi connectivity index (χ4v) is 1.28. The Morgan fingerprint density at radius 1 is 1.31 bits per heavy atom. The van der Waals surface area contributed by atoms with Crippen LogP contribution in [0.15, 0.2) is 24.3 Å². The highest BCUT2D eigenvalue weighted by molar-refractivity contribution is 5.31. The average molecular weight is 219 g/mol. The van der Waals surface area contributed by atoms with Gasteiger partial charge in [-0.15, -0.1) is 6.42 Å². The Morgan fingerprint density at radius 2 is 1.94 bits per heavy atom. The van der Waals surface area contributed by atoms with E-state index in [9.17, 15) is 0 Å². The van der Waals surface area contributed by atoms with Gasteiger partial charge in [0.1, 0.15) is 17.6 Å². The second-order valence-corrected chi connectivity index (χ2v) is 3.44. The molecular formula is C13H17NO2. The normalized spacial score (nSPS) is 11.6. The molecule has 1 aromatic carbocycles. The van der Waals surface area contributed by atoms with Gasteiger partial charge in [0, 0.05) is 6.54 Å². The van der Waals surface area contributed by atoms with Gasteiger partial charge in [0.25, 0.3) is 0 Å². The van der Waals surface area contributed by atoms with Crippen LogP contribution in [0.5, 0.6) is 11.5 Å². The number of terminal acetylenes is 1. The lowest BCUT2D eigenvalue weighted by Gasteiger charge is -2.14. The second kappa shape index (κ2) is 6.76. The van der Waals surface area contributed by atoms with Gasteiger partial charge in [-0.3, -0.25) is 0 Å². The number of benzene rings is 1. The van der Waals surface area contributed by atoms with Crippen LogP contribution in [0.1, 0.15) is 6.92 Å². The van der Waals surface area contributed by atoms with Gasteiger partial charge < -0.3 is 14.8 Å². The molecule has 0 aliphatic heterocycles. The van der Waals surface area contributed by atoms with E-state index in [0.29, 0.717) is 6.54 Å². The van der Waals surface area contributed by atoms with Crippen LogP contribution in [-0.4, -0.2) is 26.3 Å². The molecule has 0 bridgehead atoms. The Balaban J connectivity index is 2.37. The van der Waals surface area contributed by atoms with Crippen molar-refractivity contribution in [3.05, 3.63) is 24.3 Å². The average Bonchev–Trinajstić information content (AvgIpc) is 2.30. The van der Waals surface area contributed by atoms with Crippen LogP contribution in [0.4, 0.5) is 0 Å². The monoisotopic (exact) mass is 219 g/mol. The summed E-state index contributed by atoms with van der Waals surface area (Å²) < 4.78 is 10.7. The van der Waals surface area contributed by atoms with Crippen molar-refractivity contribution in [1.29, 1.82) is 0 Å². The molecule has 3 nitrogen and oxygen atoms in total. The minimum Gasteiger partial charge on any atom is -0.497 e. The number of hydrogen-bond donors (Lipinski definition) is 1. The first-order chi connectivity index (χ1) is 7.76. The minimum absolute atomic E-state index is 0.0849. The molecule has 0 amide bonds. The van der Waals surface area contributed by atoms with Gasteiger partial charge in [0.05, 0.1) is 13.7 Å². The van der Waals surface area contributed by atoms with Crippen LogP contribution >= 0.6 is 0 Å². The van der Waals surface area contributed by atoms with E-state index in [4.69, 9.17) is 15.9 Å². The first kappa shape index (κ1) is 12.4. The Hall–Kier alpha value is -1.66. The highest BCUT2D eigenvalue weighted by atomic mass is 16.5. The predicted molar refractivity (Wildman–Crippen MR) is 64.8 cm³/mol. The summed E-state index contributed by atoms with van der Waals surface area (Å²) in [4.78, 5) is 0. The number of ether oxygens (including phenoxy) is 2.